The maximum atomic E-state index is 13.1. The van der Waals surface area contributed by atoms with Crippen LogP contribution in [0.2, 0.25) is 0 Å². The molecule has 6 heteroatoms. The van der Waals surface area contributed by atoms with E-state index in [9.17, 15) is 9.18 Å². The Balaban J connectivity index is 1.76. The molecule has 1 N–H and O–H groups in total. The number of rotatable bonds is 4. The summed E-state index contributed by atoms with van der Waals surface area (Å²) in [6.45, 7) is 2.24. The normalized spacial score (nSPS) is 10.5. The maximum absolute atomic E-state index is 13.1. The van der Waals surface area contributed by atoms with Crippen LogP contribution in [0, 0.1) is 12.7 Å². The molecule has 116 valence electrons. The molecule has 1 aromatic heterocycles. The Morgan fingerprint density at radius 2 is 2.00 bits per heavy atom. The lowest BCUT2D eigenvalue weighted by molar-refractivity contribution is 0.0946. The minimum atomic E-state index is -0.326. The molecule has 0 unspecified atom stereocenters. The van der Waals surface area contributed by atoms with Gasteiger partial charge in [0.25, 0.3) is 5.91 Å². The molecular weight excluding hydrogens is 313 g/mol. The monoisotopic (exact) mass is 327 g/mol. The van der Waals surface area contributed by atoms with Gasteiger partial charge in [0, 0.05) is 6.54 Å². The molecule has 0 saturated heterocycles. The molecule has 0 saturated carbocycles. The van der Waals surface area contributed by atoms with E-state index in [1.807, 2.05) is 31.2 Å². The van der Waals surface area contributed by atoms with Crippen LogP contribution >= 0.6 is 11.5 Å². The lowest BCUT2D eigenvalue weighted by atomic mass is 10.1. The van der Waals surface area contributed by atoms with Crippen molar-refractivity contribution in [2.45, 2.75) is 13.5 Å². The van der Waals surface area contributed by atoms with Crippen molar-refractivity contribution in [1.82, 2.24) is 14.9 Å². The molecule has 0 atom stereocenters. The van der Waals surface area contributed by atoms with E-state index in [1.54, 1.807) is 12.1 Å². The summed E-state index contributed by atoms with van der Waals surface area (Å²) in [5.74, 6) is -0.647. The van der Waals surface area contributed by atoms with Gasteiger partial charge in [0.05, 0.1) is 4.88 Å². The first-order valence-electron chi connectivity index (χ1n) is 7.05. The van der Waals surface area contributed by atoms with E-state index < -0.39 is 0 Å². The second kappa shape index (κ2) is 6.66. The van der Waals surface area contributed by atoms with Gasteiger partial charge in [-0.05, 0) is 41.7 Å². The molecule has 2 aromatic carbocycles. The fourth-order valence-electron chi connectivity index (χ4n) is 2.15. The van der Waals surface area contributed by atoms with Crippen molar-refractivity contribution in [2.75, 3.05) is 0 Å². The lowest BCUT2D eigenvalue weighted by Gasteiger charge is -2.05. The number of carbonyl (C=O) groups is 1. The third-order valence-electron chi connectivity index (χ3n) is 3.36. The van der Waals surface area contributed by atoms with E-state index >= 15 is 0 Å². The molecule has 1 amide bonds. The Bertz CT molecular complexity index is 830. The summed E-state index contributed by atoms with van der Waals surface area (Å²) in [6, 6.07) is 13.9. The van der Waals surface area contributed by atoms with Gasteiger partial charge in [-0.25, -0.2) is 4.39 Å². The van der Waals surface area contributed by atoms with Crippen molar-refractivity contribution in [2.24, 2.45) is 0 Å². The largest absolute Gasteiger partial charge is 0.347 e. The highest BCUT2D eigenvalue weighted by Gasteiger charge is 2.17. The van der Waals surface area contributed by atoms with Gasteiger partial charge in [0.2, 0.25) is 0 Å². The molecule has 0 aliphatic carbocycles. The zero-order valence-electron chi connectivity index (χ0n) is 12.4. The first-order valence-corrected chi connectivity index (χ1v) is 7.83. The minimum absolute atomic E-state index is 0.238. The summed E-state index contributed by atoms with van der Waals surface area (Å²) in [5.41, 5.74) is 3.03. The van der Waals surface area contributed by atoms with Gasteiger partial charge in [-0.1, -0.05) is 46.4 Å². The van der Waals surface area contributed by atoms with Crippen LogP contribution in [0.4, 0.5) is 4.39 Å². The highest BCUT2D eigenvalue weighted by molar-refractivity contribution is 7.09. The predicted octanol–water partition coefficient (Wildman–Crippen LogP) is 3.58. The second-order valence-electron chi connectivity index (χ2n) is 5.13. The Morgan fingerprint density at radius 1 is 1.22 bits per heavy atom. The van der Waals surface area contributed by atoms with Crippen molar-refractivity contribution >= 4 is 17.4 Å². The number of hydrogen-bond donors (Lipinski definition) is 1. The van der Waals surface area contributed by atoms with E-state index in [0.29, 0.717) is 5.56 Å². The minimum Gasteiger partial charge on any atom is -0.347 e. The van der Waals surface area contributed by atoms with Crippen LogP contribution < -0.4 is 5.32 Å². The van der Waals surface area contributed by atoms with Crippen LogP contribution in [-0.4, -0.2) is 15.5 Å². The summed E-state index contributed by atoms with van der Waals surface area (Å²) < 4.78 is 17.0. The quantitative estimate of drug-likeness (QED) is 0.797. The van der Waals surface area contributed by atoms with Crippen LogP contribution in [0.3, 0.4) is 0 Å². The van der Waals surface area contributed by atoms with E-state index in [0.717, 1.165) is 16.0 Å². The second-order valence-corrected chi connectivity index (χ2v) is 5.88. The number of nitrogens with one attached hydrogen (secondary N) is 1. The fraction of sp³-hybridized carbons (Fsp3) is 0.118. The van der Waals surface area contributed by atoms with Gasteiger partial charge in [0.15, 0.2) is 5.69 Å². The van der Waals surface area contributed by atoms with Crippen molar-refractivity contribution in [3.05, 3.63) is 71.2 Å². The predicted molar refractivity (Wildman–Crippen MR) is 87.7 cm³/mol. The van der Waals surface area contributed by atoms with Gasteiger partial charge >= 0.3 is 0 Å². The molecule has 4 nitrogen and oxygen atoms in total. The van der Waals surface area contributed by atoms with Crippen LogP contribution in [0.5, 0.6) is 0 Å². The number of benzene rings is 2. The molecule has 1 heterocycles. The van der Waals surface area contributed by atoms with Crippen molar-refractivity contribution in [3.63, 3.8) is 0 Å². The standard InChI is InChI=1S/C17H14FN3OS/c1-11-5-7-13(8-6-11)16-15(20-21-23-16)17(22)19-10-12-3-2-4-14(18)9-12/h2-9H,10H2,1H3,(H,19,22). The van der Waals surface area contributed by atoms with Crippen LogP contribution in [-0.2, 0) is 6.54 Å². The average Bonchev–Trinajstić information content (AvgIpc) is 3.03. The van der Waals surface area contributed by atoms with E-state index in [4.69, 9.17) is 0 Å². The Hall–Kier alpha value is -2.60. The number of aromatic nitrogens is 2. The highest BCUT2D eigenvalue weighted by Crippen LogP contribution is 2.26. The molecule has 3 rings (SSSR count). The fourth-order valence-corrected chi connectivity index (χ4v) is 2.81. The van der Waals surface area contributed by atoms with Gasteiger partial charge in [-0.3, -0.25) is 4.79 Å². The number of amides is 1. The lowest BCUT2D eigenvalue weighted by Crippen LogP contribution is -2.23. The van der Waals surface area contributed by atoms with Crippen LogP contribution in [0.15, 0.2) is 48.5 Å². The zero-order chi connectivity index (χ0) is 16.2. The third kappa shape index (κ3) is 3.60. The summed E-state index contributed by atoms with van der Waals surface area (Å²) in [7, 11) is 0. The Kier molecular flexibility index (Phi) is 4.43. The van der Waals surface area contributed by atoms with Crippen molar-refractivity contribution in [1.29, 1.82) is 0 Å². The summed E-state index contributed by atoms with van der Waals surface area (Å²) in [6.07, 6.45) is 0. The van der Waals surface area contributed by atoms with Crippen LogP contribution in [0.25, 0.3) is 10.4 Å². The van der Waals surface area contributed by atoms with Gasteiger partial charge in [-0.2, -0.15) is 0 Å². The third-order valence-corrected chi connectivity index (χ3v) is 4.13. The van der Waals surface area contributed by atoms with Gasteiger partial charge in [-0.15, -0.1) is 5.10 Å². The molecule has 0 bridgehead atoms. The van der Waals surface area contributed by atoms with Gasteiger partial charge < -0.3 is 5.32 Å². The molecule has 3 aromatic rings. The maximum Gasteiger partial charge on any atom is 0.273 e. The van der Waals surface area contributed by atoms with E-state index in [-0.39, 0.29) is 24.0 Å². The van der Waals surface area contributed by atoms with Gasteiger partial charge in [0.1, 0.15) is 5.82 Å². The average molecular weight is 327 g/mol. The first-order chi connectivity index (χ1) is 11.1. The summed E-state index contributed by atoms with van der Waals surface area (Å²) >= 11 is 1.18. The molecule has 0 radical (unpaired) electrons. The molecule has 0 aliphatic rings. The molecule has 23 heavy (non-hydrogen) atoms. The highest BCUT2D eigenvalue weighted by atomic mass is 32.1. The summed E-state index contributed by atoms with van der Waals surface area (Å²) in [4.78, 5) is 13.0. The van der Waals surface area contributed by atoms with Crippen molar-refractivity contribution < 1.29 is 9.18 Å². The molecule has 0 aliphatic heterocycles. The Morgan fingerprint density at radius 3 is 2.74 bits per heavy atom. The zero-order valence-corrected chi connectivity index (χ0v) is 13.2. The first kappa shape index (κ1) is 15.3. The van der Waals surface area contributed by atoms with Crippen molar-refractivity contribution in [3.8, 4) is 10.4 Å². The molecular formula is C17H14FN3OS. The van der Waals surface area contributed by atoms with E-state index in [2.05, 4.69) is 14.9 Å². The SMILES string of the molecule is Cc1ccc(-c2snnc2C(=O)NCc2cccc(F)c2)cc1. The number of carbonyl (C=O) groups excluding carboxylic acids is 1. The van der Waals surface area contributed by atoms with Crippen LogP contribution in [0.1, 0.15) is 21.6 Å². The number of hydrogen-bond acceptors (Lipinski definition) is 4. The number of halogens is 1. The van der Waals surface area contributed by atoms with E-state index in [1.165, 1.54) is 23.7 Å². The number of nitrogens with zero attached hydrogens (tertiary/aromatic N) is 2. The topological polar surface area (TPSA) is 54.9 Å². The smallest absolute Gasteiger partial charge is 0.273 e. The molecule has 0 spiro atoms. The molecule has 0 fully saturated rings. The summed E-state index contributed by atoms with van der Waals surface area (Å²) in [5, 5.41) is 6.68. The number of aryl methyl sites for hydroxylation is 1. The Labute approximate surface area is 137 Å².